The predicted octanol–water partition coefficient (Wildman–Crippen LogP) is 1.46. The summed E-state index contributed by atoms with van der Waals surface area (Å²) < 4.78 is 0. The second-order valence-corrected chi connectivity index (χ2v) is 7.55. The van der Waals surface area contributed by atoms with E-state index in [1.54, 1.807) is 12.1 Å². The van der Waals surface area contributed by atoms with Gasteiger partial charge in [-0.3, -0.25) is 14.9 Å². The molecule has 6 nitrogen and oxygen atoms in total. The summed E-state index contributed by atoms with van der Waals surface area (Å²) in [4.78, 5) is 24.7. The van der Waals surface area contributed by atoms with Gasteiger partial charge in [-0.2, -0.15) is 0 Å². The van der Waals surface area contributed by atoms with Gasteiger partial charge in [-0.25, -0.2) is 0 Å². The molecule has 1 saturated carbocycles. The normalized spacial score (nSPS) is 32.2. The number of benzene rings is 1. The van der Waals surface area contributed by atoms with E-state index in [0.29, 0.717) is 17.6 Å². The molecular weight excluding hydrogens is 306 g/mol. The number of nitrogens with zero attached hydrogens (tertiary/aromatic N) is 1. The zero-order chi connectivity index (χ0) is 16.7. The highest BCUT2D eigenvalue weighted by atomic mass is 16.6. The van der Waals surface area contributed by atoms with Crippen LogP contribution in [0.5, 0.6) is 0 Å². The number of fused-ring (bicyclic) bond motifs is 2. The summed E-state index contributed by atoms with van der Waals surface area (Å²) in [5, 5.41) is 14.0. The molecule has 0 aromatic heterocycles. The van der Waals surface area contributed by atoms with Crippen molar-refractivity contribution in [2.45, 2.75) is 69.1 Å². The highest BCUT2D eigenvalue weighted by Gasteiger charge is 2.48. The highest BCUT2D eigenvalue weighted by molar-refractivity contribution is 5.95. The summed E-state index contributed by atoms with van der Waals surface area (Å²) in [7, 11) is 0. The number of piperidine rings is 2. The summed E-state index contributed by atoms with van der Waals surface area (Å²) in [6.45, 7) is 0. The van der Waals surface area contributed by atoms with Gasteiger partial charge in [0.2, 0.25) is 0 Å². The van der Waals surface area contributed by atoms with Gasteiger partial charge in [0.05, 0.1) is 23.0 Å². The Kier molecular flexibility index (Phi) is 4.00. The number of hydrogen-bond acceptors (Lipinski definition) is 3. The molecule has 6 heteroatoms. The Morgan fingerprint density at radius 2 is 1.83 bits per heavy atom. The molecule has 1 aromatic carbocycles. The van der Waals surface area contributed by atoms with E-state index in [9.17, 15) is 14.9 Å². The van der Waals surface area contributed by atoms with Crippen LogP contribution in [0.1, 0.15) is 55.3 Å². The van der Waals surface area contributed by atoms with Crippen LogP contribution in [0.3, 0.4) is 0 Å². The van der Waals surface area contributed by atoms with Crippen molar-refractivity contribution in [2.24, 2.45) is 0 Å². The topological polar surface area (TPSA) is 76.7 Å². The molecule has 1 amide bonds. The molecule has 128 valence electrons. The molecule has 3 fully saturated rings. The van der Waals surface area contributed by atoms with Crippen LogP contribution in [-0.2, 0) is 0 Å². The zero-order valence-corrected chi connectivity index (χ0v) is 13.7. The Morgan fingerprint density at radius 3 is 2.46 bits per heavy atom. The third-order valence-electron chi connectivity index (χ3n) is 5.89. The first-order chi connectivity index (χ1) is 11.6. The van der Waals surface area contributed by atoms with Gasteiger partial charge < -0.3 is 10.2 Å². The van der Waals surface area contributed by atoms with Gasteiger partial charge >= 0.3 is 0 Å². The third kappa shape index (κ3) is 3.02. The van der Waals surface area contributed by atoms with E-state index in [4.69, 9.17) is 0 Å². The number of carbonyl (C=O) groups excluding carboxylic acids is 1. The molecule has 0 spiro atoms. The zero-order valence-electron chi connectivity index (χ0n) is 13.7. The van der Waals surface area contributed by atoms with Gasteiger partial charge in [-0.05, 0) is 25.3 Å². The van der Waals surface area contributed by atoms with E-state index < -0.39 is 4.92 Å². The molecule has 3 aliphatic rings. The SMILES string of the molecule is O=C(NC1C[C@H]2CCC[C@H](C1)[NH+]2C1CC1)c1cccc([N+](=O)[O-])c1. The number of rotatable bonds is 4. The molecule has 2 N–H and O–H groups in total. The molecule has 1 aromatic rings. The number of non-ortho nitro benzene ring substituents is 1. The lowest BCUT2D eigenvalue weighted by atomic mass is 9.81. The third-order valence-corrected chi connectivity index (χ3v) is 5.89. The summed E-state index contributed by atoms with van der Waals surface area (Å²) in [6.07, 6.45) is 8.68. The molecule has 2 aliphatic heterocycles. The Balaban J connectivity index is 1.43. The smallest absolute Gasteiger partial charge is 0.270 e. The largest absolute Gasteiger partial charge is 0.349 e. The van der Waals surface area contributed by atoms with Crippen LogP contribution in [0.15, 0.2) is 24.3 Å². The van der Waals surface area contributed by atoms with Crippen LogP contribution in [0, 0.1) is 10.1 Å². The van der Waals surface area contributed by atoms with Crippen LogP contribution in [0.25, 0.3) is 0 Å². The molecule has 2 bridgehead atoms. The Labute approximate surface area is 141 Å². The van der Waals surface area contributed by atoms with Crippen LogP contribution < -0.4 is 10.2 Å². The number of nitro benzene ring substituents is 1. The molecule has 2 saturated heterocycles. The Hall–Kier alpha value is -1.95. The fourth-order valence-electron chi connectivity index (χ4n) is 4.80. The van der Waals surface area contributed by atoms with Gasteiger partial charge in [0.25, 0.3) is 11.6 Å². The van der Waals surface area contributed by atoms with Crippen molar-refractivity contribution < 1.29 is 14.6 Å². The van der Waals surface area contributed by atoms with Crippen molar-refractivity contribution in [1.29, 1.82) is 0 Å². The molecule has 0 unspecified atom stereocenters. The lowest BCUT2D eigenvalue weighted by Gasteiger charge is -2.46. The first kappa shape index (κ1) is 15.6. The molecule has 2 atom stereocenters. The molecule has 0 radical (unpaired) electrons. The average Bonchev–Trinajstić information content (AvgIpc) is 3.39. The Morgan fingerprint density at radius 1 is 1.12 bits per heavy atom. The molecule has 4 rings (SSSR count). The number of quaternary nitrogens is 1. The molecular formula is C18H24N3O3+. The number of nitro groups is 1. The van der Waals surface area contributed by atoms with Crippen molar-refractivity contribution in [3.63, 3.8) is 0 Å². The van der Waals surface area contributed by atoms with Crippen molar-refractivity contribution in [3.05, 3.63) is 39.9 Å². The van der Waals surface area contributed by atoms with E-state index in [1.165, 1.54) is 44.2 Å². The van der Waals surface area contributed by atoms with E-state index in [-0.39, 0.29) is 17.6 Å². The lowest BCUT2D eigenvalue weighted by Crippen LogP contribution is -3.22. The average molecular weight is 330 g/mol. The van der Waals surface area contributed by atoms with E-state index in [0.717, 1.165) is 18.9 Å². The van der Waals surface area contributed by atoms with Gasteiger partial charge in [0.1, 0.15) is 0 Å². The van der Waals surface area contributed by atoms with Crippen molar-refractivity contribution in [3.8, 4) is 0 Å². The van der Waals surface area contributed by atoms with E-state index >= 15 is 0 Å². The fourth-order valence-corrected chi connectivity index (χ4v) is 4.80. The van der Waals surface area contributed by atoms with Gasteiger partial charge in [0.15, 0.2) is 0 Å². The monoisotopic (exact) mass is 330 g/mol. The van der Waals surface area contributed by atoms with Crippen LogP contribution in [0.2, 0.25) is 0 Å². The second kappa shape index (κ2) is 6.16. The van der Waals surface area contributed by atoms with Crippen LogP contribution >= 0.6 is 0 Å². The fraction of sp³-hybridized carbons (Fsp3) is 0.611. The first-order valence-corrected chi connectivity index (χ1v) is 9.03. The minimum Gasteiger partial charge on any atom is -0.349 e. The lowest BCUT2D eigenvalue weighted by molar-refractivity contribution is -0.971. The quantitative estimate of drug-likeness (QED) is 0.648. The van der Waals surface area contributed by atoms with Gasteiger partial charge in [-0.15, -0.1) is 0 Å². The standard InChI is InChI=1S/C18H23N3O3/c22-18(12-3-1-6-17(9-12)21(23)24)19-13-10-15-4-2-5-16(11-13)20(15)14-7-8-14/h1,3,6,9,13-16H,2,4-5,7-8,10-11H2,(H,19,22)/p+1/t15-,16-/m1/s1. The Bertz CT molecular complexity index is 645. The van der Waals surface area contributed by atoms with Crippen molar-refractivity contribution in [1.82, 2.24) is 5.32 Å². The summed E-state index contributed by atoms with van der Waals surface area (Å²) >= 11 is 0. The molecule has 24 heavy (non-hydrogen) atoms. The highest BCUT2D eigenvalue weighted by Crippen LogP contribution is 2.27. The molecule has 1 aliphatic carbocycles. The maximum Gasteiger partial charge on any atom is 0.270 e. The maximum absolute atomic E-state index is 12.5. The van der Waals surface area contributed by atoms with Gasteiger partial charge in [-0.1, -0.05) is 6.07 Å². The number of nitrogens with one attached hydrogen (secondary N) is 2. The summed E-state index contributed by atoms with van der Waals surface area (Å²) in [5.74, 6) is -0.184. The predicted molar refractivity (Wildman–Crippen MR) is 89.0 cm³/mol. The van der Waals surface area contributed by atoms with E-state index in [1.807, 2.05) is 4.90 Å². The molecule has 2 heterocycles. The number of hydrogen-bond donors (Lipinski definition) is 2. The van der Waals surface area contributed by atoms with Crippen LogP contribution in [-0.4, -0.2) is 35.0 Å². The minimum absolute atomic E-state index is 0.0347. The minimum atomic E-state index is -0.460. The number of carbonyl (C=O) groups is 1. The second-order valence-electron chi connectivity index (χ2n) is 7.55. The van der Waals surface area contributed by atoms with Crippen molar-refractivity contribution >= 4 is 11.6 Å². The summed E-state index contributed by atoms with van der Waals surface area (Å²) in [6, 6.07) is 8.43. The first-order valence-electron chi connectivity index (χ1n) is 9.03. The number of amides is 1. The van der Waals surface area contributed by atoms with E-state index in [2.05, 4.69) is 5.32 Å². The van der Waals surface area contributed by atoms with Gasteiger partial charge in [0, 0.05) is 49.4 Å². The van der Waals surface area contributed by atoms with Crippen molar-refractivity contribution in [2.75, 3.05) is 0 Å². The summed E-state index contributed by atoms with van der Waals surface area (Å²) in [5.41, 5.74) is 0.346. The maximum atomic E-state index is 12.5. The van der Waals surface area contributed by atoms with Crippen LogP contribution in [0.4, 0.5) is 5.69 Å².